The SMILES string of the molecule is CCCCCCCCC(CCCCCC)CN(B(F)F)c1cc(Br)cnc1-c1ncc(Br)cc1N(CC(CCCCCC)CCCCCCCC)B(F)F. The minimum Gasteiger partial charge on any atom is -0.354 e. The van der Waals surface area contributed by atoms with Gasteiger partial charge in [0, 0.05) is 34.4 Å². The van der Waals surface area contributed by atoms with Crippen LogP contribution in [0.1, 0.15) is 182 Å². The van der Waals surface area contributed by atoms with Gasteiger partial charge in [0.1, 0.15) is 11.4 Å². The number of pyridine rings is 2. The first-order valence-corrected chi connectivity index (χ1v) is 23.2. The molecule has 54 heavy (non-hydrogen) atoms. The third kappa shape index (κ3) is 19.2. The highest BCUT2D eigenvalue weighted by Crippen LogP contribution is 2.40. The zero-order chi connectivity index (χ0) is 39.6. The molecule has 2 aromatic rings. The van der Waals surface area contributed by atoms with Gasteiger partial charge in [-0.05, 0) is 81.5 Å². The number of hydrogen-bond donors (Lipinski definition) is 0. The highest BCUT2D eigenvalue weighted by atomic mass is 79.9. The molecule has 0 N–H and O–H groups in total. The van der Waals surface area contributed by atoms with Crippen LogP contribution in [0.4, 0.5) is 28.6 Å². The lowest BCUT2D eigenvalue weighted by Crippen LogP contribution is -2.39. The van der Waals surface area contributed by atoms with Crippen molar-refractivity contribution in [3.8, 4) is 11.4 Å². The fourth-order valence-electron chi connectivity index (χ4n) is 7.58. The normalized spacial score (nSPS) is 12.6. The van der Waals surface area contributed by atoms with Gasteiger partial charge in [0.2, 0.25) is 0 Å². The summed E-state index contributed by atoms with van der Waals surface area (Å²) in [6, 6.07) is 3.31. The first-order chi connectivity index (χ1) is 26.2. The number of aromatic nitrogens is 2. The Hall–Kier alpha value is -1.29. The molecule has 12 heteroatoms. The number of hydrogen-bond acceptors (Lipinski definition) is 4. The lowest BCUT2D eigenvalue weighted by atomic mass is 9.91. The summed E-state index contributed by atoms with van der Waals surface area (Å²) in [5.41, 5.74) is 0.835. The van der Waals surface area contributed by atoms with E-state index in [-0.39, 0.29) is 47.7 Å². The Balaban J connectivity index is 2.49. The second kappa shape index (κ2) is 29.9. The Morgan fingerprint density at radius 3 is 1.06 bits per heavy atom. The zero-order valence-electron chi connectivity index (χ0n) is 34.1. The van der Waals surface area contributed by atoms with Gasteiger partial charge in [0.15, 0.2) is 0 Å². The van der Waals surface area contributed by atoms with Crippen LogP contribution in [0.25, 0.3) is 11.4 Å². The van der Waals surface area contributed by atoms with Crippen molar-refractivity contribution in [3.63, 3.8) is 0 Å². The second-order valence-corrected chi connectivity index (χ2v) is 17.3. The van der Waals surface area contributed by atoms with Crippen LogP contribution in [0.15, 0.2) is 33.5 Å². The van der Waals surface area contributed by atoms with Crippen LogP contribution in [0.2, 0.25) is 0 Å². The molecule has 2 atom stereocenters. The molecule has 4 nitrogen and oxygen atoms in total. The minimum absolute atomic E-state index is 0.0826. The Bertz CT molecular complexity index is 1160. The topological polar surface area (TPSA) is 32.3 Å². The maximum atomic E-state index is 15.3. The zero-order valence-corrected chi connectivity index (χ0v) is 37.2. The molecule has 2 unspecified atom stereocenters. The summed E-state index contributed by atoms with van der Waals surface area (Å²) in [6.45, 7) is 9.11. The van der Waals surface area contributed by atoms with Gasteiger partial charge in [-0.25, -0.2) is 0 Å². The molecule has 0 aliphatic heterocycles. The first-order valence-electron chi connectivity index (χ1n) is 21.6. The molecule has 0 amide bonds. The van der Waals surface area contributed by atoms with E-state index in [9.17, 15) is 0 Å². The maximum Gasteiger partial charge on any atom is 0.673 e. The van der Waals surface area contributed by atoms with Crippen molar-refractivity contribution in [2.24, 2.45) is 11.8 Å². The van der Waals surface area contributed by atoms with Crippen molar-refractivity contribution in [2.45, 2.75) is 182 Å². The third-order valence-electron chi connectivity index (χ3n) is 10.8. The molecule has 0 spiro atoms. The Kier molecular flexibility index (Phi) is 27.0. The van der Waals surface area contributed by atoms with Crippen LogP contribution in [0, 0.1) is 11.8 Å². The van der Waals surface area contributed by atoms with E-state index < -0.39 is 14.8 Å². The number of unbranched alkanes of at least 4 members (excludes halogenated alkanes) is 16. The summed E-state index contributed by atoms with van der Waals surface area (Å²) in [4.78, 5) is 11.6. The third-order valence-corrected chi connectivity index (χ3v) is 11.6. The Labute approximate surface area is 344 Å². The van der Waals surface area contributed by atoms with E-state index in [1.165, 1.54) is 51.4 Å². The van der Waals surface area contributed by atoms with Gasteiger partial charge in [-0.15, -0.1) is 0 Å². The van der Waals surface area contributed by atoms with Gasteiger partial charge in [0.05, 0.1) is 11.4 Å². The van der Waals surface area contributed by atoms with Crippen molar-refractivity contribution >= 4 is 58.0 Å². The maximum absolute atomic E-state index is 15.3. The molecule has 0 aliphatic carbocycles. The predicted octanol–water partition coefficient (Wildman–Crippen LogP) is 15.8. The average molecular weight is 888 g/mol. The van der Waals surface area contributed by atoms with Gasteiger partial charge in [-0.3, -0.25) is 27.2 Å². The van der Waals surface area contributed by atoms with Crippen LogP contribution in [0.3, 0.4) is 0 Å². The van der Waals surface area contributed by atoms with Crippen LogP contribution in [0.5, 0.6) is 0 Å². The molecule has 0 radical (unpaired) electrons. The van der Waals surface area contributed by atoms with Gasteiger partial charge >= 0.3 is 14.8 Å². The Morgan fingerprint density at radius 1 is 0.481 bits per heavy atom. The standard InChI is InChI=1S/C42H70B2Br2F4N4/c1-5-9-13-17-19-23-27-35(25-21-15-11-7-3)33-53(43(47)48)39-29-37(45)31-51-41(39)42-40(30-38(46)32-52-42)54(44(49)50)34-36(26-22-16-12-8-4)28-24-20-18-14-10-6-2/h29-32,35-36H,5-28,33-34H2,1-4H3. The van der Waals surface area contributed by atoms with Crippen molar-refractivity contribution in [2.75, 3.05) is 22.7 Å². The van der Waals surface area contributed by atoms with Crippen LogP contribution < -0.4 is 9.62 Å². The van der Waals surface area contributed by atoms with Crippen LogP contribution in [-0.2, 0) is 0 Å². The fraction of sp³-hybridized carbons (Fsp3) is 0.762. The molecule has 0 saturated carbocycles. The number of anilines is 2. The molecule has 306 valence electrons. The Morgan fingerprint density at radius 2 is 0.759 bits per heavy atom. The van der Waals surface area contributed by atoms with Crippen molar-refractivity contribution in [1.29, 1.82) is 0 Å². The molecular weight excluding hydrogens is 818 g/mol. The number of rotatable bonds is 33. The molecule has 0 fully saturated rings. The van der Waals surface area contributed by atoms with E-state index in [2.05, 4.69) is 69.5 Å². The highest BCUT2D eigenvalue weighted by molar-refractivity contribution is 9.10. The summed E-state index contributed by atoms with van der Waals surface area (Å²) in [7, 11) is -5.59. The molecule has 0 aromatic carbocycles. The molecular formula is C42H70B2Br2F4N4. The minimum atomic E-state index is -2.79. The molecule has 2 rings (SSSR count). The summed E-state index contributed by atoms with van der Waals surface area (Å²) >= 11 is 6.97. The molecule has 0 saturated heterocycles. The van der Waals surface area contributed by atoms with E-state index in [1.807, 2.05) is 0 Å². The van der Waals surface area contributed by atoms with Crippen LogP contribution in [-0.4, -0.2) is 37.9 Å². The fourth-order valence-corrected chi connectivity index (χ4v) is 8.22. The van der Waals surface area contributed by atoms with Gasteiger partial charge in [0.25, 0.3) is 0 Å². The summed E-state index contributed by atoms with van der Waals surface area (Å²) in [5.74, 6) is 0.165. The summed E-state index contributed by atoms with van der Waals surface area (Å²) < 4.78 is 62.2. The lowest BCUT2D eigenvalue weighted by molar-refractivity contribution is 0.407. The number of nitrogens with zero attached hydrogens (tertiary/aromatic N) is 4. The van der Waals surface area contributed by atoms with Gasteiger partial charge < -0.3 is 9.62 Å². The van der Waals surface area contributed by atoms with Crippen molar-refractivity contribution < 1.29 is 17.3 Å². The van der Waals surface area contributed by atoms with E-state index >= 15 is 17.3 Å². The second-order valence-electron chi connectivity index (χ2n) is 15.4. The lowest BCUT2D eigenvalue weighted by Gasteiger charge is -2.31. The summed E-state index contributed by atoms with van der Waals surface area (Å²) in [6.07, 6.45) is 29.2. The van der Waals surface area contributed by atoms with E-state index in [4.69, 9.17) is 0 Å². The summed E-state index contributed by atoms with van der Waals surface area (Å²) in [5, 5.41) is 0. The molecule has 2 heterocycles. The van der Waals surface area contributed by atoms with E-state index in [0.717, 1.165) is 112 Å². The van der Waals surface area contributed by atoms with E-state index in [1.54, 1.807) is 24.5 Å². The van der Waals surface area contributed by atoms with Crippen molar-refractivity contribution in [3.05, 3.63) is 33.5 Å². The van der Waals surface area contributed by atoms with Crippen molar-refractivity contribution in [1.82, 2.24) is 9.97 Å². The van der Waals surface area contributed by atoms with Gasteiger partial charge in [-0.2, -0.15) is 0 Å². The largest absolute Gasteiger partial charge is 0.673 e. The quantitative estimate of drug-likeness (QED) is 0.0406. The smallest absolute Gasteiger partial charge is 0.354 e. The van der Waals surface area contributed by atoms with E-state index in [0.29, 0.717) is 8.95 Å². The predicted molar refractivity (Wildman–Crippen MR) is 234 cm³/mol. The average Bonchev–Trinajstić information content (AvgIpc) is 3.14. The van der Waals surface area contributed by atoms with Gasteiger partial charge in [-0.1, -0.05) is 156 Å². The monoisotopic (exact) mass is 886 g/mol. The van der Waals surface area contributed by atoms with Crippen LogP contribution >= 0.6 is 31.9 Å². The highest BCUT2D eigenvalue weighted by Gasteiger charge is 2.35. The first kappa shape index (κ1) is 48.9. The molecule has 2 aromatic heterocycles. The number of halogens is 6. The molecule has 0 aliphatic rings. The molecule has 0 bridgehead atoms.